The monoisotopic (exact) mass is 250 g/mol. The number of nitrogens with one attached hydrogen (secondary N) is 1. The zero-order chi connectivity index (χ0) is 12.2. The van der Waals surface area contributed by atoms with Gasteiger partial charge in [0.05, 0.1) is 18.0 Å². The van der Waals surface area contributed by atoms with Crippen molar-refractivity contribution in [2.24, 2.45) is 0 Å². The topological polar surface area (TPSA) is 58.6 Å². The summed E-state index contributed by atoms with van der Waals surface area (Å²) in [5.41, 5.74) is -0.372. The van der Waals surface area contributed by atoms with Crippen LogP contribution in [0.15, 0.2) is 0 Å². The molecular formula is C10H22N2O3S. The van der Waals surface area contributed by atoms with Gasteiger partial charge in [0.15, 0.2) is 0 Å². The van der Waals surface area contributed by atoms with Crippen molar-refractivity contribution in [2.45, 2.75) is 26.4 Å². The molecule has 1 aliphatic heterocycles. The predicted molar refractivity (Wildman–Crippen MR) is 63.9 cm³/mol. The molecule has 1 heterocycles. The van der Waals surface area contributed by atoms with Crippen LogP contribution in [0.3, 0.4) is 0 Å². The fraction of sp³-hybridized carbons (Fsp3) is 1.00. The molecule has 5 nitrogen and oxygen atoms in total. The van der Waals surface area contributed by atoms with E-state index in [1.54, 1.807) is 0 Å². The van der Waals surface area contributed by atoms with Crippen molar-refractivity contribution in [1.29, 1.82) is 0 Å². The van der Waals surface area contributed by atoms with Gasteiger partial charge in [-0.3, -0.25) is 0 Å². The minimum Gasteiger partial charge on any atom is -0.373 e. The highest BCUT2D eigenvalue weighted by atomic mass is 32.2. The Morgan fingerprint density at radius 3 is 2.69 bits per heavy atom. The minimum absolute atomic E-state index is 0.164. The molecule has 1 N–H and O–H groups in total. The molecule has 16 heavy (non-hydrogen) atoms. The lowest BCUT2D eigenvalue weighted by Gasteiger charge is -2.37. The summed E-state index contributed by atoms with van der Waals surface area (Å²) < 4.78 is 31.0. The van der Waals surface area contributed by atoms with Gasteiger partial charge in [-0.15, -0.1) is 0 Å². The van der Waals surface area contributed by atoms with Crippen molar-refractivity contribution >= 4 is 10.0 Å². The summed E-state index contributed by atoms with van der Waals surface area (Å²) in [6.45, 7) is 8.50. The molecule has 0 amide bonds. The van der Waals surface area contributed by atoms with E-state index in [1.165, 1.54) is 4.31 Å². The van der Waals surface area contributed by atoms with Crippen LogP contribution in [-0.2, 0) is 14.8 Å². The summed E-state index contributed by atoms with van der Waals surface area (Å²) in [7, 11) is -3.14. The zero-order valence-corrected chi connectivity index (χ0v) is 11.1. The second-order valence-electron chi connectivity index (χ2n) is 4.61. The largest absolute Gasteiger partial charge is 0.373 e. The fourth-order valence-electron chi connectivity index (χ4n) is 1.72. The summed E-state index contributed by atoms with van der Waals surface area (Å²) in [6, 6.07) is 0. The Hall–Kier alpha value is -0.170. The van der Waals surface area contributed by atoms with Crippen LogP contribution in [0.4, 0.5) is 0 Å². The van der Waals surface area contributed by atoms with Crippen molar-refractivity contribution in [3.63, 3.8) is 0 Å². The van der Waals surface area contributed by atoms with E-state index in [9.17, 15) is 8.42 Å². The van der Waals surface area contributed by atoms with Crippen LogP contribution in [-0.4, -0.2) is 56.9 Å². The first-order valence-corrected chi connectivity index (χ1v) is 7.31. The van der Waals surface area contributed by atoms with Crippen molar-refractivity contribution in [3.05, 3.63) is 0 Å². The zero-order valence-electron chi connectivity index (χ0n) is 10.3. The van der Waals surface area contributed by atoms with Crippen molar-refractivity contribution in [2.75, 3.05) is 38.5 Å². The van der Waals surface area contributed by atoms with E-state index in [0.717, 1.165) is 6.54 Å². The van der Waals surface area contributed by atoms with Gasteiger partial charge in [0.2, 0.25) is 10.0 Å². The SMILES string of the molecule is CCNCCS(=O)(=O)N1CCOC(C)(C)C1. The summed E-state index contributed by atoms with van der Waals surface area (Å²) in [5.74, 6) is 0.164. The quantitative estimate of drug-likeness (QED) is 0.700. The van der Waals surface area contributed by atoms with E-state index in [1.807, 2.05) is 20.8 Å². The first kappa shape index (κ1) is 13.9. The highest BCUT2D eigenvalue weighted by molar-refractivity contribution is 7.89. The number of hydrogen-bond acceptors (Lipinski definition) is 4. The van der Waals surface area contributed by atoms with Crippen LogP contribution < -0.4 is 5.32 Å². The molecule has 1 fully saturated rings. The fourth-order valence-corrected chi connectivity index (χ4v) is 3.24. The van der Waals surface area contributed by atoms with Gasteiger partial charge in [0.1, 0.15) is 0 Å². The van der Waals surface area contributed by atoms with Crippen molar-refractivity contribution < 1.29 is 13.2 Å². The summed E-state index contributed by atoms with van der Waals surface area (Å²) in [6.07, 6.45) is 0. The number of morpholine rings is 1. The Morgan fingerprint density at radius 2 is 2.12 bits per heavy atom. The molecule has 6 heteroatoms. The average molecular weight is 250 g/mol. The van der Waals surface area contributed by atoms with Gasteiger partial charge >= 0.3 is 0 Å². The number of hydrogen-bond donors (Lipinski definition) is 1. The van der Waals surface area contributed by atoms with E-state index in [-0.39, 0.29) is 11.4 Å². The van der Waals surface area contributed by atoms with Crippen LogP contribution in [0.1, 0.15) is 20.8 Å². The first-order valence-electron chi connectivity index (χ1n) is 5.70. The third-order valence-corrected chi connectivity index (χ3v) is 4.39. The van der Waals surface area contributed by atoms with Gasteiger partial charge in [-0.1, -0.05) is 6.92 Å². The van der Waals surface area contributed by atoms with Gasteiger partial charge in [0, 0.05) is 19.6 Å². The Kier molecular flexibility index (Phi) is 4.73. The number of ether oxygens (including phenoxy) is 1. The van der Waals surface area contributed by atoms with Crippen LogP contribution >= 0.6 is 0 Å². The molecule has 1 aliphatic rings. The van der Waals surface area contributed by atoms with E-state index < -0.39 is 10.0 Å². The molecule has 0 bridgehead atoms. The maximum absolute atomic E-state index is 12.0. The van der Waals surface area contributed by atoms with Crippen LogP contribution in [0.2, 0.25) is 0 Å². The molecule has 0 aromatic rings. The number of nitrogens with zero attached hydrogens (tertiary/aromatic N) is 1. The molecule has 0 saturated carbocycles. The third kappa shape index (κ3) is 4.01. The smallest absolute Gasteiger partial charge is 0.215 e. The minimum atomic E-state index is -3.14. The molecule has 0 atom stereocenters. The maximum Gasteiger partial charge on any atom is 0.215 e. The van der Waals surface area contributed by atoms with Crippen molar-refractivity contribution in [3.8, 4) is 0 Å². The molecule has 0 aromatic heterocycles. The predicted octanol–water partition coefficient (Wildman–Crippen LogP) is 0.0365. The summed E-state index contributed by atoms with van der Waals surface area (Å²) >= 11 is 0. The lowest BCUT2D eigenvalue weighted by atomic mass is 10.1. The van der Waals surface area contributed by atoms with Gasteiger partial charge in [0.25, 0.3) is 0 Å². The van der Waals surface area contributed by atoms with E-state index >= 15 is 0 Å². The standard InChI is InChI=1S/C10H22N2O3S/c1-4-11-5-8-16(13,14)12-6-7-15-10(2,3)9-12/h11H,4-9H2,1-3H3. The Morgan fingerprint density at radius 1 is 1.44 bits per heavy atom. The number of sulfonamides is 1. The van der Waals surface area contributed by atoms with Gasteiger partial charge < -0.3 is 10.1 Å². The van der Waals surface area contributed by atoms with E-state index in [4.69, 9.17) is 4.74 Å². The Labute approximate surface area is 98.2 Å². The summed E-state index contributed by atoms with van der Waals surface area (Å²) in [5, 5.41) is 3.03. The van der Waals surface area contributed by atoms with Gasteiger partial charge in [-0.25, -0.2) is 8.42 Å². The molecule has 1 rings (SSSR count). The lowest BCUT2D eigenvalue weighted by molar-refractivity contribution is -0.0640. The average Bonchev–Trinajstić information content (AvgIpc) is 2.16. The molecule has 0 aromatic carbocycles. The van der Waals surface area contributed by atoms with E-state index in [2.05, 4.69) is 5.32 Å². The third-order valence-electron chi connectivity index (χ3n) is 2.57. The van der Waals surface area contributed by atoms with Crippen LogP contribution in [0.25, 0.3) is 0 Å². The van der Waals surface area contributed by atoms with Gasteiger partial charge in [-0.05, 0) is 20.4 Å². The van der Waals surface area contributed by atoms with Crippen LogP contribution in [0, 0.1) is 0 Å². The molecule has 0 spiro atoms. The highest BCUT2D eigenvalue weighted by Crippen LogP contribution is 2.18. The molecular weight excluding hydrogens is 228 g/mol. The lowest BCUT2D eigenvalue weighted by Crippen LogP contribution is -2.51. The second-order valence-corrected chi connectivity index (χ2v) is 6.70. The highest BCUT2D eigenvalue weighted by Gasteiger charge is 2.33. The molecule has 1 saturated heterocycles. The molecule has 96 valence electrons. The molecule has 0 radical (unpaired) electrons. The van der Waals surface area contributed by atoms with Gasteiger partial charge in [-0.2, -0.15) is 4.31 Å². The Bertz CT molecular complexity index is 314. The second kappa shape index (κ2) is 5.44. The molecule has 0 unspecified atom stereocenters. The summed E-state index contributed by atoms with van der Waals surface area (Å²) in [4.78, 5) is 0. The van der Waals surface area contributed by atoms with E-state index in [0.29, 0.717) is 26.2 Å². The Balaban J connectivity index is 2.54. The normalized spacial score (nSPS) is 22.2. The van der Waals surface area contributed by atoms with Crippen LogP contribution in [0.5, 0.6) is 0 Å². The first-order chi connectivity index (χ1) is 7.37. The van der Waals surface area contributed by atoms with Crippen molar-refractivity contribution in [1.82, 2.24) is 9.62 Å². The maximum atomic E-state index is 12.0. The molecule has 0 aliphatic carbocycles. The number of rotatable bonds is 5.